The van der Waals surface area contributed by atoms with Crippen molar-refractivity contribution in [1.82, 2.24) is 5.32 Å². The Labute approximate surface area is 114 Å². The zero-order valence-electron chi connectivity index (χ0n) is 10.8. The van der Waals surface area contributed by atoms with Crippen LogP contribution in [-0.2, 0) is 16.0 Å². The predicted molar refractivity (Wildman–Crippen MR) is 76.1 cm³/mol. The molecular formula is C14H21NO2S. The molecule has 0 atom stereocenters. The lowest BCUT2D eigenvalue weighted by Gasteiger charge is -2.05. The smallest absolute Gasteiger partial charge is 0.224 e. The molecule has 100 valence electrons. The lowest BCUT2D eigenvalue weighted by molar-refractivity contribution is -0.120. The molecule has 0 radical (unpaired) electrons. The molecule has 1 rings (SSSR count). The van der Waals surface area contributed by atoms with Gasteiger partial charge in [-0.15, -0.1) is 12.6 Å². The van der Waals surface area contributed by atoms with Gasteiger partial charge in [0.2, 0.25) is 5.91 Å². The van der Waals surface area contributed by atoms with Crippen molar-refractivity contribution in [3.05, 3.63) is 29.8 Å². The number of benzene rings is 1. The van der Waals surface area contributed by atoms with Gasteiger partial charge in [-0.25, -0.2) is 0 Å². The largest absolute Gasteiger partial charge is 0.385 e. The Morgan fingerprint density at radius 1 is 1.22 bits per heavy atom. The van der Waals surface area contributed by atoms with Crippen molar-refractivity contribution in [2.75, 3.05) is 20.3 Å². The Morgan fingerprint density at radius 3 is 2.61 bits per heavy atom. The Balaban J connectivity index is 2.12. The van der Waals surface area contributed by atoms with Crippen LogP contribution in [0.2, 0.25) is 0 Å². The van der Waals surface area contributed by atoms with Crippen LogP contribution in [0.3, 0.4) is 0 Å². The van der Waals surface area contributed by atoms with Crippen LogP contribution in [0, 0.1) is 0 Å². The number of nitrogens with one attached hydrogen (secondary N) is 1. The topological polar surface area (TPSA) is 38.3 Å². The van der Waals surface area contributed by atoms with Crippen LogP contribution in [0.25, 0.3) is 0 Å². The Kier molecular flexibility index (Phi) is 7.53. The summed E-state index contributed by atoms with van der Waals surface area (Å²) >= 11 is 4.21. The van der Waals surface area contributed by atoms with E-state index in [1.54, 1.807) is 7.11 Å². The molecule has 0 aliphatic rings. The van der Waals surface area contributed by atoms with Crippen molar-refractivity contribution < 1.29 is 9.53 Å². The first-order chi connectivity index (χ1) is 8.72. The third-order valence-electron chi connectivity index (χ3n) is 2.65. The van der Waals surface area contributed by atoms with Gasteiger partial charge in [-0.3, -0.25) is 4.79 Å². The number of carbonyl (C=O) groups excluding carboxylic acids is 1. The summed E-state index contributed by atoms with van der Waals surface area (Å²) in [5, 5.41) is 2.92. The molecule has 0 aliphatic heterocycles. The van der Waals surface area contributed by atoms with Crippen molar-refractivity contribution in [1.29, 1.82) is 0 Å². The highest BCUT2D eigenvalue weighted by Gasteiger charge is 2.02. The SMILES string of the molecule is COCCCCCNC(=O)Cc1ccc(S)cc1. The fraction of sp³-hybridized carbons (Fsp3) is 0.500. The van der Waals surface area contributed by atoms with E-state index in [0.717, 1.165) is 42.9 Å². The van der Waals surface area contributed by atoms with Crippen molar-refractivity contribution >= 4 is 18.5 Å². The fourth-order valence-electron chi connectivity index (χ4n) is 1.64. The van der Waals surface area contributed by atoms with Gasteiger partial charge in [0, 0.05) is 25.2 Å². The van der Waals surface area contributed by atoms with Gasteiger partial charge in [-0.05, 0) is 37.0 Å². The van der Waals surface area contributed by atoms with E-state index in [9.17, 15) is 4.79 Å². The van der Waals surface area contributed by atoms with E-state index >= 15 is 0 Å². The standard InChI is InChI=1S/C14H21NO2S/c1-17-10-4-2-3-9-15-14(16)11-12-5-7-13(18)8-6-12/h5-8,18H,2-4,9-11H2,1H3,(H,15,16). The maximum Gasteiger partial charge on any atom is 0.224 e. The number of amides is 1. The first-order valence-electron chi connectivity index (χ1n) is 6.26. The monoisotopic (exact) mass is 267 g/mol. The molecule has 0 aliphatic carbocycles. The van der Waals surface area contributed by atoms with Gasteiger partial charge in [0.15, 0.2) is 0 Å². The van der Waals surface area contributed by atoms with Gasteiger partial charge in [0.25, 0.3) is 0 Å². The molecule has 0 saturated heterocycles. The molecule has 1 aromatic carbocycles. The zero-order chi connectivity index (χ0) is 13.2. The number of carbonyl (C=O) groups is 1. The van der Waals surface area contributed by atoms with Crippen molar-refractivity contribution in [2.45, 2.75) is 30.6 Å². The van der Waals surface area contributed by atoms with Gasteiger partial charge in [0.05, 0.1) is 6.42 Å². The summed E-state index contributed by atoms with van der Waals surface area (Å²) in [7, 11) is 1.71. The van der Waals surface area contributed by atoms with E-state index in [4.69, 9.17) is 4.74 Å². The molecule has 4 heteroatoms. The molecule has 1 N–H and O–H groups in total. The second kappa shape index (κ2) is 9.00. The Morgan fingerprint density at radius 2 is 1.94 bits per heavy atom. The molecule has 0 bridgehead atoms. The van der Waals surface area contributed by atoms with Crippen LogP contribution in [0.1, 0.15) is 24.8 Å². The van der Waals surface area contributed by atoms with E-state index in [1.165, 1.54) is 0 Å². The quantitative estimate of drug-likeness (QED) is 0.561. The second-order valence-electron chi connectivity index (χ2n) is 4.25. The number of methoxy groups -OCH3 is 1. The summed E-state index contributed by atoms with van der Waals surface area (Å²) in [6, 6.07) is 7.66. The number of hydrogen-bond donors (Lipinski definition) is 2. The molecule has 3 nitrogen and oxygen atoms in total. The van der Waals surface area contributed by atoms with E-state index in [-0.39, 0.29) is 5.91 Å². The molecule has 0 saturated carbocycles. The fourth-order valence-corrected chi connectivity index (χ4v) is 1.79. The second-order valence-corrected chi connectivity index (χ2v) is 4.76. The summed E-state index contributed by atoms with van der Waals surface area (Å²) in [5.74, 6) is 0.0775. The minimum absolute atomic E-state index is 0.0775. The van der Waals surface area contributed by atoms with E-state index in [2.05, 4.69) is 17.9 Å². The summed E-state index contributed by atoms with van der Waals surface area (Å²) in [6.07, 6.45) is 3.58. The minimum Gasteiger partial charge on any atom is -0.385 e. The summed E-state index contributed by atoms with van der Waals surface area (Å²) in [5.41, 5.74) is 1.02. The van der Waals surface area contributed by atoms with Gasteiger partial charge in [0.1, 0.15) is 0 Å². The molecule has 0 unspecified atom stereocenters. The molecule has 0 heterocycles. The zero-order valence-corrected chi connectivity index (χ0v) is 11.7. The highest BCUT2D eigenvalue weighted by molar-refractivity contribution is 7.80. The third-order valence-corrected chi connectivity index (χ3v) is 2.95. The number of unbranched alkanes of at least 4 members (excludes halogenated alkanes) is 2. The molecule has 1 aromatic rings. The summed E-state index contributed by atoms with van der Waals surface area (Å²) < 4.78 is 4.96. The molecule has 18 heavy (non-hydrogen) atoms. The average Bonchev–Trinajstić information content (AvgIpc) is 2.36. The number of rotatable bonds is 8. The highest BCUT2D eigenvalue weighted by atomic mass is 32.1. The lowest BCUT2D eigenvalue weighted by Crippen LogP contribution is -2.26. The average molecular weight is 267 g/mol. The van der Waals surface area contributed by atoms with Crippen molar-refractivity contribution in [3.8, 4) is 0 Å². The van der Waals surface area contributed by atoms with Crippen LogP contribution in [-0.4, -0.2) is 26.2 Å². The van der Waals surface area contributed by atoms with E-state index in [1.807, 2.05) is 24.3 Å². The van der Waals surface area contributed by atoms with E-state index in [0.29, 0.717) is 6.42 Å². The van der Waals surface area contributed by atoms with Gasteiger partial charge >= 0.3 is 0 Å². The molecule has 0 fully saturated rings. The van der Waals surface area contributed by atoms with Crippen LogP contribution in [0.4, 0.5) is 0 Å². The van der Waals surface area contributed by atoms with E-state index < -0.39 is 0 Å². The van der Waals surface area contributed by atoms with Crippen molar-refractivity contribution in [3.63, 3.8) is 0 Å². The van der Waals surface area contributed by atoms with Crippen LogP contribution < -0.4 is 5.32 Å². The Hall–Kier alpha value is -1.00. The first-order valence-corrected chi connectivity index (χ1v) is 6.70. The van der Waals surface area contributed by atoms with Gasteiger partial charge < -0.3 is 10.1 Å². The molecule has 1 amide bonds. The van der Waals surface area contributed by atoms with Crippen LogP contribution >= 0.6 is 12.6 Å². The normalized spacial score (nSPS) is 10.3. The number of hydrogen-bond acceptors (Lipinski definition) is 3. The Bertz CT molecular complexity index is 351. The minimum atomic E-state index is 0.0775. The summed E-state index contributed by atoms with van der Waals surface area (Å²) in [4.78, 5) is 12.5. The highest BCUT2D eigenvalue weighted by Crippen LogP contribution is 2.08. The molecular weight excluding hydrogens is 246 g/mol. The van der Waals surface area contributed by atoms with Gasteiger partial charge in [-0.1, -0.05) is 12.1 Å². The van der Waals surface area contributed by atoms with Crippen LogP contribution in [0.15, 0.2) is 29.2 Å². The summed E-state index contributed by atoms with van der Waals surface area (Å²) in [6.45, 7) is 1.54. The molecule has 0 aromatic heterocycles. The third kappa shape index (κ3) is 6.67. The first kappa shape index (κ1) is 15.1. The number of thiol groups is 1. The van der Waals surface area contributed by atoms with Crippen molar-refractivity contribution in [2.24, 2.45) is 0 Å². The van der Waals surface area contributed by atoms with Crippen LogP contribution in [0.5, 0.6) is 0 Å². The number of ether oxygens (including phenoxy) is 1. The lowest BCUT2D eigenvalue weighted by atomic mass is 10.1. The predicted octanol–water partition coefficient (Wildman–Crippen LogP) is 2.45. The van der Waals surface area contributed by atoms with Gasteiger partial charge in [-0.2, -0.15) is 0 Å². The maximum absolute atomic E-state index is 11.6. The maximum atomic E-state index is 11.6. The molecule has 0 spiro atoms.